The highest BCUT2D eigenvalue weighted by atomic mass is 15.1. The smallest absolute Gasteiger partial charge is 0.235 e. The second-order valence-electron chi connectivity index (χ2n) is 9.10. The summed E-state index contributed by atoms with van der Waals surface area (Å²) in [4.78, 5) is 0. The average molecular weight is 406 g/mol. The number of aromatic nitrogens is 2. The van der Waals surface area contributed by atoms with Gasteiger partial charge in [-0.1, -0.05) is 110 Å². The highest BCUT2D eigenvalue weighted by Gasteiger charge is 2.15. The molecule has 0 saturated heterocycles. The van der Waals surface area contributed by atoms with Crippen molar-refractivity contribution in [2.75, 3.05) is 0 Å². The summed E-state index contributed by atoms with van der Waals surface area (Å²) >= 11 is 0. The minimum atomic E-state index is 1.11. The molecule has 0 radical (unpaired) electrons. The molecule has 0 bridgehead atoms. The van der Waals surface area contributed by atoms with Crippen LogP contribution < -0.4 is 4.57 Å². The summed E-state index contributed by atoms with van der Waals surface area (Å²) in [6.07, 6.45) is 31.4. The monoisotopic (exact) mass is 405 g/mol. The molecule has 0 unspecified atom stereocenters. The van der Waals surface area contributed by atoms with Gasteiger partial charge in [0, 0.05) is 6.42 Å². The van der Waals surface area contributed by atoms with E-state index in [-0.39, 0.29) is 0 Å². The first-order valence-electron chi connectivity index (χ1n) is 13.4. The van der Waals surface area contributed by atoms with Gasteiger partial charge in [-0.2, -0.15) is 0 Å². The van der Waals surface area contributed by atoms with Crippen molar-refractivity contribution in [3.8, 4) is 0 Å². The summed E-state index contributed by atoms with van der Waals surface area (Å²) in [6.45, 7) is 9.20. The van der Waals surface area contributed by atoms with Gasteiger partial charge in [-0.05, 0) is 26.2 Å². The molecule has 0 amide bonds. The molecule has 0 saturated carbocycles. The van der Waals surface area contributed by atoms with Gasteiger partial charge < -0.3 is 0 Å². The molecule has 1 aromatic heterocycles. The Morgan fingerprint density at radius 3 is 1.52 bits per heavy atom. The van der Waals surface area contributed by atoms with Crippen LogP contribution in [0, 0.1) is 0 Å². The zero-order valence-electron chi connectivity index (χ0n) is 20.4. The predicted octanol–water partition coefficient (Wildman–Crippen LogP) is 8.40. The van der Waals surface area contributed by atoms with E-state index < -0.39 is 0 Å². The Balaban J connectivity index is 2.14. The van der Waals surface area contributed by atoms with Crippen LogP contribution in [0.1, 0.15) is 142 Å². The van der Waals surface area contributed by atoms with Gasteiger partial charge in [0.25, 0.3) is 5.82 Å². The average Bonchev–Trinajstić information content (AvgIpc) is 3.13. The fourth-order valence-corrected chi connectivity index (χ4v) is 4.46. The Bertz CT molecular complexity index is 463. The number of rotatable bonds is 21. The Morgan fingerprint density at radius 2 is 1.03 bits per heavy atom. The maximum atomic E-state index is 2.55. The predicted molar refractivity (Wildman–Crippen MR) is 128 cm³/mol. The molecule has 0 fully saturated rings. The number of hydrogen-bond acceptors (Lipinski definition) is 0. The Labute approximate surface area is 183 Å². The summed E-state index contributed by atoms with van der Waals surface area (Å²) in [5.74, 6) is 1.56. The van der Waals surface area contributed by atoms with E-state index in [0.29, 0.717) is 0 Å². The van der Waals surface area contributed by atoms with Gasteiger partial charge in [0.05, 0.1) is 13.1 Å². The largest absolute Gasteiger partial charge is 0.256 e. The maximum Gasteiger partial charge on any atom is 0.256 e. The third-order valence-electron chi connectivity index (χ3n) is 6.44. The summed E-state index contributed by atoms with van der Waals surface area (Å²) in [7, 11) is 0. The maximum absolute atomic E-state index is 2.55. The lowest BCUT2D eigenvalue weighted by Crippen LogP contribution is -2.37. The number of unbranched alkanes of at least 4 members (excludes halogenated alkanes) is 16. The van der Waals surface area contributed by atoms with Crippen molar-refractivity contribution in [1.29, 1.82) is 0 Å². The molecule has 0 aliphatic carbocycles. The summed E-state index contributed by atoms with van der Waals surface area (Å²) in [5, 5.41) is 0. The van der Waals surface area contributed by atoms with Crippen LogP contribution in [-0.2, 0) is 19.5 Å². The van der Waals surface area contributed by atoms with Crippen molar-refractivity contribution in [2.45, 2.75) is 156 Å². The quantitative estimate of drug-likeness (QED) is 0.143. The first-order chi connectivity index (χ1) is 14.3. The van der Waals surface area contributed by atoms with Gasteiger partial charge in [0.2, 0.25) is 0 Å². The molecule has 0 aliphatic rings. The second kappa shape index (κ2) is 19.2. The Morgan fingerprint density at radius 1 is 0.586 bits per heavy atom. The van der Waals surface area contributed by atoms with Crippen molar-refractivity contribution < 1.29 is 4.57 Å². The van der Waals surface area contributed by atoms with E-state index in [4.69, 9.17) is 0 Å². The fraction of sp³-hybridized carbons (Fsp3) is 0.889. The number of hydrogen-bond donors (Lipinski definition) is 0. The Kier molecular flexibility index (Phi) is 17.4. The summed E-state index contributed by atoms with van der Waals surface area (Å²) in [6, 6.07) is 0. The van der Waals surface area contributed by atoms with Crippen molar-refractivity contribution >= 4 is 0 Å². The third kappa shape index (κ3) is 13.2. The van der Waals surface area contributed by atoms with Gasteiger partial charge in [0.1, 0.15) is 12.4 Å². The molecule has 0 spiro atoms. The molecule has 0 N–H and O–H groups in total. The zero-order chi connectivity index (χ0) is 21.0. The molecule has 0 aromatic carbocycles. The highest BCUT2D eigenvalue weighted by molar-refractivity contribution is 4.83. The number of imidazole rings is 1. The van der Waals surface area contributed by atoms with E-state index in [1.165, 1.54) is 129 Å². The van der Waals surface area contributed by atoms with Gasteiger partial charge in [-0.3, -0.25) is 0 Å². The van der Waals surface area contributed by atoms with E-state index in [2.05, 4.69) is 42.3 Å². The lowest BCUT2D eigenvalue weighted by molar-refractivity contribution is -0.704. The van der Waals surface area contributed by atoms with Crippen LogP contribution in [0.4, 0.5) is 0 Å². The first-order valence-corrected chi connectivity index (χ1v) is 13.4. The van der Waals surface area contributed by atoms with E-state index in [0.717, 1.165) is 6.54 Å². The van der Waals surface area contributed by atoms with Crippen LogP contribution in [0.15, 0.2) is 12.4 Å². The molecular weight excluding hydrogens is 352 g/mol. The number of nitrogens with zero attached hydrogens (tertiary/aromatic N) is 2. The molecule has 1 heterocycles. The second-order valence-corrected chi connectivity index (χ2v) is 9.10. The SMILES string of the molecule is CCCCCCCCCCCCc1n(CC)cc[n+]1CCCCCCCCCC. The molecular formula is C27H53N2+. The van der Waals surface area contributed by atoms with Crippen molar-refractivity contribution in [3.05, 3.63) is 18.2 Å². The molecule has 2 heteroatoms. The molecule has 0 aliphatic heterocycles. The lowest BCUT2D eigenvalue weighted by Gasteiger charge is -2.06. The van der Waals surface area contributed by atoms with Gasteiger partial charge in [-0.25, -0.2) is 9.13 Å². The van der Waals surface area contributed by atoms with Crippen LogP contribution in [-0.4, -0.2) is 4.57 Å². The molecule has 2 nitrogen and oxygen atoms in total. The normalized spacial score (nSPS) is 11.4. The first kappa shape index (κ1) is 26.2. The van der Waals surface area contributed by atoms with Crippen LogP contribution >= 0.6 is 0 Å². The van der Waals surface area contributed by atoms with E-state index in [9.17, 15) is 0 Å². The number of aryl methyl sites for hydroxylation is 2. The van der Waals surface area contributed by atoms with Gasteiger partial charge in [0.15, 0.2) is 0 Å². The van der Waals surface area contributed by atoms with Crippen molar-refractivity contribution in [1.82, 2.24) is 4.57 Å². The van der Waals surface area contributed by atoms with Crippen LogP contribution in [0.3, 0.4) is 0 Å². The van der Waals surface area contributed by atoms with Crippen molar-refractivity contribution in [2.24, 2.45) is 0 Å². The Hall–Kier alpha value is -0.790. The molecule has 170 valence electrons. The zero-order valence-corrected chi connectivity index (χ0v) is 20.4. The van der Waals surface area contributed by atoms with Crippen molar-refractivity contribution in [3.63, 3.8) is 0 Å². The van der Waals surface area contributed by atoms with Gasteiger partial charge in [-0.15, -0.1) is 0 Å². The fourth-order valence-electron chi connectivity index (χ4n) is 4.46. The standard InChI is InChI=1S/C27H53N2/c1-4-7-9-11-13-15-16-17-19-21-23-27-28(6-3)25-26-29(27)24-22-20-18-14-12-10-8-5-2/h25-26H,4-24H2,1-3H3/q+1. The van der Waals surface area contributed by atoms with E-state index in [1.54, 1.807) is 5.82 Å². The highest BCUT2D eigenvalue weighted by Crippen LogP contribution is 2.12. The van der Waals surface area contributed by atoms with Crippen LogP contribution in [0.2, 0.25) is 0 Å². The van der Waals surface area contributed by atoms with Gasteiger partial charge >= 0.3 is 0 Å². The minimum absolute atomic E-state index is 1.11. The molecule has 1 aromatic rings. The minimum Gasteiger partial charge on any atom is -0.235 e. The topological polar surface area (TPSA) is 8.81 Å². The van der Waals surface area contributed by atoms with E-state index >= 15 is 0 Å². The lowest BCUT2D eigenvalue weighted by atomic mass is 10.1. The molecule has 29 heavy (non-hydrogen) atoms. The summed E-state index contributed by atoms with van der Waals surface area (Å²) in [5.41, 5.74) is 0. The van der Waals surface area contributed by atoms with Crippen LogP contribution in [0.25, 0.3) is 0 Å². The molecule has 1 rings (SSSR count). The van der Waals surface area contributed by atoms with E-state index in [1.807, 2.05) is 0 Å². The third-order valence-corrected chi connectivity index (χ3v) is 6.44. The van der Waals surface area contributed by atoms with Crippen LogP contribution in [0.5, 0.6) is 0 Å². The summed E-state index contributed by atoms with van der Waals surface area (Å²) < 4.78 is 5.02. The molecule has 0 atom stereocenters.